The normalized spacial score (nSPS) is 27.4. The Morgan fingerprint density at radius 2 is 1.81 bits per heavy atom. The molecule has 2 fully saturated rings. The minimum absolute atomic E-state index is 0. The molecular formula is C13H26ClN3O3S. The third-order valence-electron chi connectivity index (χ3n) is 4.50. The average molecular weight is 340 g/mol. The first-order valence-electron chi connectivity index (χ1n) is 7.45. The largest absolute Gasteiger partial charge is 0.340 e. The highest BCUT2D eigenvalue weighted by Crippen LogP contribution is 2.27. The van der Waals surface area contributed by atoms with Crippen molar-refractivity contribution in [2.24, 2.45) is 11.7 Å². The molecule has 2 aliphatic rings. The van der Waals surface area contributed by atoms with Crippen LogP contribution < -0.4 is 5.73 Å². The molecule has 0 aromatic rings. The van der Waals surface area contributed by atoms with Crippen LogP contribution in [0, 0.1) is 5.92 Å². The lowest BCUT2D eigenvalue weighted by Crippen LogP contribution is -2.51. The molecule has 1 heterocycles. The molecule has 8 heteroatoms. The highest BCUT2D eigenvalue weighted by Gasteiger charge is 2.31. The van der Waals surface area contributed by atoms with E-state index in [1.807, 2.05) is 0 Å². The third kappa shape index (κ3) is 4.55. The standard InChI is InChI=1S/C13H25N3O3S.ClH/c1-2-20(18,19)16-8-6-15(7-9-16)13(17)10-11-4-3-5-12(11)14;/h11-12H,2-10,14H2,1H3;1H/t11-,12+;/m0./s1. The Morgan fingerprint density at radius 3 is 2.29 bits per heavy atom. The number of amides is 1. The first-order chi connectivity index (χ1) is 9.44. The van der Waals surface area contributed by atoms with E-state index < -0.39 is 10.0 Å². The van der Waals surface area contributed by atoms with Gasteiger partial charge in [0.15, 0.2) is 0 Å². The third-order valence-corrected chi connectivity index (χ3v) is 6.39. The minimum Gasteiger partial charge on any atom is -0.340 e. The number of nitrogens with two attached hydrogens (primary N) is 1. The summed E-state index contributed by atoms with van der Waals surface area (Å²) in [5, 5.41) is 0. The Bertz CT molecular complexity index is 450. The monoisotopic (exact) mass is 339 g/mol. The number of carbonyl (C=O) groups is 1. The molecule has 21 heavy (non-hydrogen) atoms. The lowest BCUT2D eigenvalue weighted by molar-refractivity contribution is -0.133. The topological polar surface area (TPSA) is 83.7 Å². The van der Waals surface area contributed by atoms with Crippen LogP contribution in [0.5, 0.6) is 0 Å². The van der Waals surface area contributed by atoms with Crippen molar-refractivity contribution in [3.05, 3.63) is 0 Å². The van der Waals surface area contributed by atoms with Gasteiger partial charge in [0.1, 0.15) is 0 Å². The molecule has 1 aliphatic carbocycles. The highest BCUT2D eigenvalue weighted by atomic mass is 35.5. The molecular weight excluding hydrogens is 314 g/mol. The van der Waals surface area contributed by atoms with Crippen molar-refractivity contribution in [1.29, 1.82) is 0 Å². The molecule has 0 aromatic carbocycles. The van der Waals surface area contributed by atoms with Gasteiger partial charge in [-0.05, 0) is 25.7 Å². The quantitative estimate of drug-likeness (QED) is 0.804. The zero-order valence-corrected chi connectivity index (χ0v) is 14.2. The van der Waals surface area contributed by atoms with Crippen molar-refractivity contribution in [3.8, 4) is 0 Å². The molecule has 1 saturated carbocycles. The number of rotatable bonds is 4. The smallest absolute Gasteiger partial charge is 0.222 e. The summed E-state index contributed by atoms with van der Waals surface area (Å²) in [5.41, 5.74) is 6.00. The Morgan fingerprint density at radius 1 is 1.19 bits per heavy atom. The molecule has 0 bridgehead atoms. The van der Waals surface area contributed by atoms with Crippen LogP contribution in [0.4, 0.5) is 0 Å². The van der Waals surface area contributed by atoms with E-state index in [0.717, 1.165) is 19.3 Å². The number of nitrogens with zero attached hydrogens (tertiary/aromatic N) is 2. The van der Waals surface area contributed by atoms with E-state index in [-0.39, 0.29) is 30.1 Å². The number of hydrogen-bond acceptors (Lipinski definition) is 4. The summed E-state index contributed by atoms with van der Waals surface area (Å²) in [5.74, 6) is 0.554. The Hall–Kier alpha value is -0.370. The maximum Gasteiger partial charge on any atom is 0.222 e. The summed E-state index contributed by atoms with van der Waals surface area (Å²) in [6.45, 7) is 3.48. The van der Waals surface area contributed by atoms with Crippen molar-refractivity contribution in [2.75, 3.05) is 31.9 Å². The minimum atomic E-state index is -3.13. The van der Waals surface area contributed by atoms with Crippen LogP contribution in [-0.4, -0.2) is 61.5 Å². The maximum atomic E-state index is 12.2. The molecule has 0 radical (unpaired) electrons. The number of carbonyl (C=O) groups excluding carboxylic acids is 1. The Balaban J connectivity index is 0.00000220. The molecule has 2 rings (SSSR count). The summed E-state index contributed by atoms with van der Waals surface area (Å²) in [6.07, 6.45) is 3.68. The van der Waals surface area contributed by atoms with Crippen molar-refractivity contribution >= 4 is 28.3 Å². The summed E-state index contributed by atoms with van der Waals surface area (Å²) in [7, 11) is -3.13. The van der Waals surface area contributed by atoms with Crippen molar-refractivity contribution in [2.45, 2.75) is 38.6 Å². The van der Waals surface area contributed by atoms with Gasteiger partial charge in [-0.25, -0.2) is 8.42 Å². The van der Waals surface area contributed by atoms with Gasteiger partial charge in [-0.15, -0.1) is 12.4 Å². The number of halogens is 1. The molecule has 1 saturated heterocycles. The SMILES string of the molecule is CCS(=O)(=O)N1CCN(C(=O)C[C@@H]2CCC[C@H]2N)CC1.Cl. The average Bonchev–Trinajstić information content (AvgIpc) is 2.84. The van der Waals surface area contributed by atoms with Crippen LogP contribution in [-0.2, 0) is 14.8 Å². The molecule has 1 aliphatic heterocycles. The maximum absolute atomic E-state index is 12.2. The van der Waals surface area contributed by atoms with Gasteiger partial charge in [0.05, 0.1) is 5.75 Å². The lowest BCUT2D eigenvalue weighted by atomic mass is 9.99. The second kappa shape index (κ2) is 7.76. The van der Waals surface area contributed by atoms with E-state index in [4.69, 9.17) is 5.73 Å². The number of piperazine rings is 1. The molecule has 0 unspecified atom stereocenters. The summed E-state index contributed by atoms with van der Waals surface area (Å²) < 4.78 is 25.0. The first kappa shape index (κ1) is 18.7. The highest BCUT2D eigenvalue weighted by molar-refractivity contribution is 7.89. The molecule has 2 N–H and O–H groups in total. The van der Waals surface area contributed by atoms with E-state index in [9.17, 15) is 13.2 Å². The van der Waals surface area contributed by atoms with Gasteiger partial charge in [0.2, 0.25) is 15.9 Å². The molecule has 2 atom stereocenters. The molecule has 1 amide bonds. The van der Waals surface area contributed by atoms with Gasteiger partial charge < -0.3 is 10.6 Å². The van der Waals surface area contributed by atoms with Crippen molar-refractivity contribution in [1.82, 2.24) is 9.21 Å². The molecule has 6 nitrogen and oxygen atoms in total. The van der Waals surface area contributed by atoms with Crippen LogP contribution in [0.2, 0.25) is 0 Å². The van der Waals surface area contributed by atoms with E-state index in [1.165, 1.54) is 4.31 Å². The van der Waals surface area contributed by atoms with Gasteiger partial charge in [0.25, 0.3) is 0 Å². The molecule has 0 aromatic heterocycles. The molecule has 124 valence electrons. The van der Waals surface area contributed by atoms with Gasteiger partial charge in [-0.2, -0.15) is 4.31 Å². The fourth-order valence-corrected chi connectivity index (χ4v) is 4.16. The summed E-state index contributed by atoms with van der Waals surface area (Å²) in [4.78, 5) is 14.0. The fraction of sp³-hybridized carbons (Fsp3) is 0.923. The Kier molecular flexibility index (Phi) is 6.90. The Labute approximate surface area is 133 Å². The predicted molar refractivity (Wildman–Crippen MR) is 84.8 cm³/mol. The van der Waals surface area contributed by atoms with Gasteiger partial charge >= 0.3 is 0 Å². The van der Waals surface area contributed by atoms with Crippen LogP contribution in [0.3, 0.4) is 0 Å². The van der Waals surface area contributed by atoms with Crippen LogP contribution in [0.15, 0.2) is 0 Å². The predicted octanol–water partition coefficient (Wildman–Crippen LogP) is 0.420. The summed E-state index contributed by atoms with van der Waals surface area (Å²) in [6, 6.07) is 0.153. The van der Waals surface area contributed by atoms with Crippen LogP contribution >= 0.6 is 12.4 Å². The zero-order chi connectivity index (χ0) is 14.8. The van der Waals surface area contributed by atoms with Crippen LogP contribution in [0.1, 0.15) is 32.6 Å². The van der Waals surface area contributed by atoms with E-state index >= 15 is 0 Å². The zero-order valence-electron chi connectivity index (χ0n) is 12.5. The number of hydrogen-bond donors (Lipinski definition) is 1. The number of sulfonamides is 1. The second-order valence-electron chi connectivity index (χ2n) is 5.74. The van der Waals surface area contributed by atoms with Crippen LogP contribution in [0.25, 0.3) is 0 Å². The van der Waals surface area contributed by atoms with E-state index in [1.54, 1.807) is 11.8 Å². The van der Waals surface area contributed by atoms with Gasteiger partial charge in [-0.3, -0.25) is 4.79 Å². The van der Waals surface area contributed by atoms with E-state index in [2.05, 4.69) is 0 Å². The van der Waals surface area contributed by atoms with Crippen molar-refractivity contribution in [3.63, 3.8) is 0 Å². The fourth-order valence-electron chi connectivity index (χ4n) is 3.07. The van der Waals surface area contributed by atoms with Gasteiger partial charge in [-0.1, -0.05) is 6.42 Å². The molecule has 0 spiro atoms. The summed E-state index contributed by atoms with van der Waals surface area (Å²) >= 11 is 0. The second-order valence-corrected chi connectivity index (χ2v) is 8.00. The lowest BCUT2D eigenvalue weighted by Gasteiger charge is -2.34. The van der Waals surface area contributed by atoms with E-state index in [0.29, 0.717) is 38.5 Å². The first-order valence-corrected chi connectivity index (χ1v) is 9.06. The van der Waals surface area contributed by atoms with Crippen molar-refractivity contribution < 1.29 is 13.2 Å². The van der Waals surface area contributed by atoms with Gasteiger partial charge in [0, 0.05) is 38.6 Å².